The Morgan fingerprint density at radius 3 is 2.66 bits per heavy atom. The van der Waals surface area contributed by atoms with E-state index < -0.39 is 6.04 Å². The Hall–Kier alpha value is -3.00. The molecule has 0 radical (unpaired) electrons. The maximum atomic E-state index is 13.0. The molecule has 0 spiro atoms. The number of carbonyl (C=O) groups excluding carboxylic acids is 2. The Morgan fingerprint density at radius 2 is 1.97 bits per heavy atom. The second-order valence-corrected chi connectivity index (χ2v) is 8.05. The highest BCUT2D eigenvalue weighted by Crippen LogP contribution is 2.23. The Balaban J connectivity index is 1.51. The van der Waals surface area contributed by atoms with Gasteiger partial charge < -0.3 is 10.2 Å². The Labute approximate surface area is 173 Å². The third-order valence-electron chi connectivity index (χ3n) is 4.99. The van der Waals surface area contributed by atoms with Crippen LogP contribution < -0.4 is 5.32 Å². The Bertz CT molecular complexity index is 991. The number of hydrogen-bond donors (Lipinski definition) is 1. The lowest BCUT2D eigenvalue weighted by molar-refractivity contribution is -0.132. The molecule has 1 aliphatic rings. The highest BCUT2D eigenvalue weighted by atomic mass is 32.1. The van der Waals surface area contributed by atoms with Crippen LogP contribution in [0.2, 0.25) is 0 Å². The minimum absolute atomic E-state index is 0.0255. The van der Waals surface area contributed by atoms with Gasteiger partial charge in [0.25, 0.3) is 5.91 Å². The molecule has 1 saturated heterocycles. The summed E-state index contributed by atoms with van der Waals surface area (Å²) in [7, 11) is 1.84. The number of thiazole rings is 1. The molecule has 2 aromatic heterocycles. The monoisotopic (exact) mass is 409 g/mol. The molecule has 1 aliphatic heterocycles. The van der Waals surface area contributed by atoms with E-state index in [-0.39, 0.29) is 11.8 Å². The standard InChI is InChI=1S/C21H23N5O2S/c1-25-13-16(12-22-25)20-24-18(14-29-20)19(27)23-17(11-15-7-3-2-4-8-15)21(28)26-9-5-6-10-26/h2-4,7-8,12-14,17H,5-6,9-11H2,1H3,(H,23,27). The number of carbonyl (C=O) groups is 2. The molecule has 1 N–H and O–H groups in total. The van der Waals surface area contributed by atoms with Crippen LogP contribution in [0.3, 0.4) is 0 Å². The smallest absolute Gasteiger partial charge is 0.271 e. The summed E-state index contributed by atoms with van der Waals surface area (Å²) in [6, 6.07) is 9.16. The summed E-state index contributed by atoms with van der Waals surface area (Å²) in [4.78, 5) is 32.2. The molecular weight excluding hydrogens is 386 g/mol. The molecule has 29 heavy (non-hydrogen) atoms. The van der Waals surface area contributed by atoms with Crippen LogP contribution >= 0.6 is 11.3 Å². The molecule has 0 bridgehead atoms. The summed E-state index contributed by atoms with van der Waals surface area (Å²) < 4.78 is 1.70. The van der Waals surface area contributed by atoms with Gasteiger partial charge in [0.1, 0.15) is 16.7 Å². The molecule has 3 heterocycles. The average Bonchev–Trinajstić information content (AvgIpc) is 3.49. The number of likely N-dealkylation sites (tertiary alicyclic amines) is 1. The van der Waals surface area contributed by atoms with Crippen LogP contribution in [-0.2, 0) is 18.3 Å². The predicted molar refractivity (Wildman–Crippen MR) is 112 cm³/mol. The number of nitrogens with zero attached hydrogens (tertiary/aromatic N) is 4. The molecule has 3 aromatic rings. The maximum Gasteiger partial charge on any atom is 0.271 e. The zero-order valence-corrected chi connectivity index (χ0v) is 17.1. The van der Waals surface area contributed by atoms with Gasteiger partial charge in [-0.2, -0.15) is 5.10 Å². The number of rotatable bonds is 6. The lowest BCUT2D eigenvalue weighted by Crippen LogP contribution is -2.49. The van der Waals surface area contributed by atoms with Gasteiger partial charge in [-0.05, 0) is 18.4 Å². The van der Waals surface area contributed by atoms with Crippen molar-refractivity contribution in [3.63, 3.8) is 0 Å². The molecular formula is C21H23N5O2S. The van der Waals surface area contributed by atoms with Crippen molar-refractivity contribution >= 4 is 23.2 Å². The summed E-state index contributed by atoms with van der Waals surface area (Å²) in [6.45, 7) is 1.50. The summed E-state index contributed by atoms with van der Waals surface area (Å²) in [5.74, 6) is -0.354. The molecule has 0 saturated carbocycles. The fourth-order valence-corrected chi connectivity index (χ4v) is 4.26. The zero-order chi connectivity index (χ0) is 20.2. The van der Waals surface area contributed by atoms with Crippen LogP contribution in [0.15, 0.2) is 48.1 Å². The van der Waals surface area contributed by atoms with Crippen LogP contribution in [0.1, 0.15) is 28.9 Å². The third kappa shape index (κ3) is 4.54. The van der Waals surface area contributed by atoms with Crippen molar-refractivity contribution in [2.75, 3.05) is 13.1 Å². The third-order valence-corrected chi connectivity index (χ3v) is 5.88. The van der Waals surface area contributed by atoms with Gasteiger partial charge in [-0.25, -0.2) is 4.98 Å². The molecule has 7 nitrogen and oxygen atoms in total. The molecule has 1 fully saturated rings. The highest BCUT2D eigenvalue weighted by Gasteiger charge is 2.29. The predicted octanol–water partition coefficient (Wildman–Crippen LogP) is 2.51. The number of hydrogen-bond acceptors (Lipinski definition) is 5. The van der Waals surface area contributed by atoms with E-state index in [9.17, 15) is 9.59 Å². The SMILES string of the molecule is Cn1cc(-c2nc(C(=O)NC(Cc3ccccc3)C(=O)N3CCCC3)cs2)cn1. The molecule has 150 valence electrons. The van der Waals surface area contributed by atoms with Gasteiger partial charge in [0.15, 0.2) is 0 Å². The zero-order valence-electron chi connectivity index (χ0n) is 16.2. The summed E-state index contributed by atoms with van der Waals surface area (Å²) in [5.41, 5.74) is 2.20. The lowest BCUT2D eigenvalue weighted by atomic mass is 10.0. The van der Waals surface area contributed by atoms with Gasteiger partial charge >= 0.3 is 0 Å². The van der Waals surface area contributed by atoms with Crippen molar-refractivity contribution in [1.82, 2.24) is 25.0 Å². The Kier molecular flexibility index (Phi) is 5.71. The van der Waals surface area contributed by atoms with Gasteiger partial charge in [-0.15, -0.1) is 11.3 Å². The molecule has 1 aromatic carbocycles. The van der Waals surface area contributed by atoms with Crippen molar-refractivity contribution in [3.05, 3.63) is 59.4 Å². The quantitative estimate of drug-likeness (QED) is 0.678. The van der Waals surface area contributed by atoms with E-state index in [1.165, 1.54) is 11.3 Å². The van der Waals surface area contributed by atoms with Crippen molar-refractivity contribution in [1.29, 1.82) is 0 Å². The van der Waals surface area contributed by atoms with Gasteiger partial charge in [0, 0.05) is 43.7 Å². The number of aromatic nitrogens is 3. The minimum Gasteiger partial charge on any atom is -0.341 e. The number of amides is 2. The average molecular weight is 410 g/mol. The fourth-order valence-electron chi connectivity index (χ4n) is 3.48. The van der Waals surface area contributed by atoms with E-state index in [4.69, 9.17) is 0 Å². The van der Waals surface area contributed by atoms with E-state index in [1.807, 2.05) is 48.5 Å². The first-order valence-corrected chi connectivity index (χ1v) is 10.6. The molecule has 4 rings (SSSR count). The van der Waals surface area contributed by atoms with Crippen molar-refractivity contribution < 1.29 is 9.59 Å². The van der Waals surface area contributed by atoms with Crippen LogP contribution in [0.25, 0.3) is 10.6 Å². The second-order valence-electron chi connectivity index (χ2n) is 7.19. The first kappa shape index (κ1) is 19.3. The van der Waals surface area contributed by atoms with E-state index >= 15 is 0 Å². The van der Waals surface area contributed by atoms with Crippen LogP contribution in [0, 0.1) is 0 Å². The van der Waals surface area contributed by atoms with Gasteiger partial charge in [-0.3, -0.25) is 14.3 Å². The number of aryl methyl sites for hydroxylation is 1. The van der Waals surface area contributed by atoms with E-state index in [0.29, 0.717) is 12.1 Å². The normalized spacial score (nSPS) is 14.7. The van der Waals surface area contributed by atoms with E-state index in [1.54, 1.807) is 16.3 Å². The van der Waals surface area contributed by atoms with Crippen LogP contribution in [0.5, 0.6) is 0 Å². The molecule has 2 amide bonds. The largest absolute Gasteiger partial charge is 0.341 e. The van der Waals surface area contributed by atoms with Crippen LogP contribution in [0.4, 0.5) is 0 Å². The molecule has 1 unspecified atom stereocenters. The Morgan fingerprint density at radius 1 is 1.21 bits per heavy atom. The van der Waals surface area contributed by atoms with E-state index in [0.717, 1.165) is 42.1 Å². The topological polar surface area (TPSA) is 80.1 Å². The van der Waals surface area contributed by atoms with Crippen molar-refractivity contribution in [2.24, 2.45) is 7.05 Å². The fraction of sp³-hybridized carbons (Fsp3) is 0.333. The van der Waals surface area contributed by atoms with Crippen molar-refractivity contribution in [2.45, 2.75) is 25.3 Å². The summed E-state index contributed by atoms with van der Waals surface area (Å²) in [5, 5.41) is 9.51. The van der Waals surface area contributed by atoms with Crippen molar-refractivity contribution in [3.8, 4) is 10.6 Å². The van der Waals surface area contributed by atoms with Gasteiger partial charge in [0.2, 0.25) is 5.91 Å². The summed E-state index contributed by atoms with van der Waals surface area (Å²) in [6.07, 6.45) is 6.06. The first-order chi connectivity index (χ1) is 14.1. The maximum absolute atomic E-state index is 13.0. The molecule has 8 heteroatoms. The summed E-state index contributed by atoms with van der Waals surface area (Å²) >= 11 is 1.39. The highest BCUT2D eigenvalue weighted by molar-refractivity contribution is 7.13. The molecule has 1 atom stereocenters. The lowest BCUT2D eigenvalue weighted by Gasteiger charge is -2.24. The van der Waals surface area contributed by atoms with E-state index in [2.05, 4.69) is 15.4 Å². The number of benzene rings is 1. The van der Waals surface area contributed by atoms with Crippen LogP contribution in [-0.4, -0.2) is 50.6 Å². The number of nitrogens with one attached hydrogen (secondary N) is 1. The second kappa shape index (κ2) is 8.57. The minimum atomic E-state index is -0.605. The van der Waals surface area contributed by atoms with Gasteiger partial charge in [0.05, 0.1) is 6.20 Å². The first-order valence-electron chi connectivity index (χ1n) is 9.68. The van der Waals surface area contributed by atoms with Gasteiger partial charge in [-0.1, -0.05) is 30.3 Å². The molecule has 0 aliphatic carbocycles.